The van der Waals surface area contributed by atoms with Crippen LogP contribution in [0.2, 0.25) is 0 Å². The van der Waals surface area contributed by atoms with Gasteiger partial charge in [-0.25, -0.2) is 4.68 Å². The molecule has 1 atom stereocenters. The quantitative estimate of drug-likeness (QED) is 0.929. The maximum absolute atomic E-state index is 12.9. The Kier molecular flexibility index (Phi) is 4.81. The molecule has 0 bridgehead atoms. The maximum atomic E-state index is 12.9. The Bertz CT molecular complexity index is 710. The van der Waals surface area contributed by atoms with Crippen LogP contribution in [-0.2, 0) is 9.53 Å². The summed E-state index contributed by atoms with van der Waals surface area (Å²) in [5.41, 5.74) is 1.76. The molecule has 6 nitrogen and oxygen atoms in total. The molecule has 3 heterocycles. The van der Waals surface area contributed by atoms with Gasteiger partial charge < -0.3 is 10.1 Å². The second kappa shape index (κ2) is 7.37. The normalized spacial score (nSPS) is 22.2. The molecular weight excluding hydrogens is 316 g/mol. The Labute approximate surface area is 147 Å². The molecule has 0 aliphatic carbocycles. The number of carbonyl (C=O) groups excluding carboxylic acids is 1. The van der Waals surface area contributed by atoms with Crippen molar-refractivity contribution >= 4 is 11.6 Å². The zero-order valence-corrected chi connectivity index (χ0v) is 14.3. The third-order valence-electron chi connectivity index (χ3n) is 5.14. The highest BCUT2D eigenvalue weighted by atomic mass is 16.5. The zero-order valence-electron chi connectivity index (χ0n) is 14.3. The van der Waals surface area contributed by atoms with E-state index in [-0.39, 0.29) is 11.9 Å². The molecule has 2 aromatic rings. The van der Waals surface area contributed by atoms with Gasteiger partial charge in [0, 0.05) is 37.3 Å². The van der Waals surface area contributed by atoms with Crippen LogP contribution >= 0.6 is 0 Å². The van der Waals surface area contributed by atoms with Crippen LogP contribution in [-0.4, -0.2) is 52.4 Å². The van der Waals surface area contributed by atoms with Crippen molar-refractivity contribution in [3.8, 4) is 5.69 Å². The van der Waals surface area contributed by atoms with Crippen LogP contribution in [0.1, 0.15) is 25.7 Å². The Morgan fingerprint density at radius 2 is 2.08 bits per heavy atom. The molecular formula is C19H24N4O2. The number of amides is 1. The van der Waals surface area contributed by atoms with E-state index in [1.807, 2.05) is 36.5 Å². The maximum Gasteiger partial charge on any atom is 0.241 e. The molecule has 2 aliphatic rings. The summed E-state index contributed by atoms with van der Waals surface area (Å²) in [5, 5.41) is 7.34. The Hall–Kier alpha value is -2.18. The molecule has 1 aromatic heterocycles. The number of likely N-dealkylation sites (tertiary alicyclic amines) is 1. The molecule has 1 aromatic carbocycles. The zero-order chi connectivity index (χ0) is 17.1. The minimum atomic E-state index is -0.0311. The lowest BCUT2D eigenvalue weighted by atomic mass is 10.1. The summed E-state index contributed by atoms with van der Waals surface area (Å²) >= 11 is 0. The van der Waals surface area contributed by atoms with E-state index < -0.39 is 0 Å². The predicted molar refractivity (Wildman–Crippen MR) is 95.8 cm³/mol. The van der Waals surface area contributed by atoms with Crippen LogP contribution in [0.25, 0.3) is 5.69 Å². The molecule has 0 radical (unpaired) electrons. The number of nitrogens with one attached hydrogen (secondary N) is 1. The summed E-state index contributed by atoms with van der Waals surface area (Å²) in [6, 6.07) is 10.1. The van der Waals surface area contributed by atoms with E-state index in [0.29, 0.717) is 6.04 Å². The molecule has 2 aliphatic heterocycles. The van der Waals surface area contributed by atoms with Crippen LogP contribution in [0.5, 0.6) is 0 Å². The number of carbonyl (C=O) groups is 1. The van der Waals surface area contributed by atoms with Gasteiger partial charge in [-0.15, -0.1) is 0 Å². The lowest BCUT2D eigenvalue weighted by Crippen LogP contribution is -2.47. The Balaban J connectivity index is 1.45. The summed E-state index contributed by atoms with van der Waals surface area (Å²) in [4.78, 5) is 15.2. The monoisotopic (exact) mass is 340 g/mol. The van der Waals surface area contributed by atoms with Crippen LogP contribution in [0.15, 0.2) is 42.7 Å². The van der Waals surface area contributed by atoms with E-state index in [4.69, 9.17) is 4.74 Å². The van der Waals surface area contributed by atoms with Gasteiger partial charge in [-0.3, -0.25) is 9.69 Å². The topological polar surface area (TPSA) is 59.4 Å². The van der Waals surface area contributed by atoms with Gasteiger partial charge in [0.25, 0.3) is 0 Å². The molecule has 1 unspecified atom stereocenters. The van der Waals surface area contributed by atoms with E-state index in [9.17, 15) is 4.79 Å². The second-order valence-corrected chi connectivity index (χ2v) is 6.73. The minimum absolute atomic E-state index is 0.0311. The number of hydrogen-bond acceptors (Lipinski definition) is 4. The van der Waals surface area contributed by atoms with Gasteiger partial charge in [-0.05, 0) is 56.5 Å². The first-order valence-electron chi connectivity index (χ1n) is 9.06. The van der Waals surface area contributed by atoms with Gasteiger partial charge in [0.15, 0.2) is 0 Å². The number of nitrogens with zero attached hydrogens (tertiary/aromatic N) is 3. The summed E-state index contributed by atoms with van der Waals surface area (Å²) in [7, 11) is 0. The summed E-state index contributed by atoms with van der Waals surface area (Å²) in [6.45, 7) is 2.62. The number of anilines is 1. The van der Waals surface area contributed by atoms with Crippen LogP contribution in [0, 0.1) is 0 Å². The summed E-state index contributed by atoms with van der Waals surface area (Å²) in [6.07, 6.45) is 7.71. The highest BCUT2D eigenvalue weighted by Gasteiger charge is 2.35. The van der Waals surface area contributed by atoms with Crippen molar-refractivity contribution in [2.24, 2.45) is 0 Å². The van der Waals surface area contributed by atoms with Gasteiger partial charge in [0.2, 0.25) is 5.91 Å². The molecule has 1 amide bonds. The van der Waals surface area contributed by atoms with Crippen molar-refractivity contribution in [1.29, 1.82) is 0 Å². The first kappa shape index (κ1) is 16.3. The molecule has 0 spiro atoms. The standard InChI is InChI=1S/C19H24N4O2/c24-19(18-6-2-10-22(18)16-7-12-25-13-8-16)21-15-4-1-5-17(14-15)23-11-3-9-20-23/h1,3-5,9,11,14,16,18H,2,6-8,10,12-13H2,(H,21,24). The van der Waals surface area contributed by atoms with Crippen molar-refractivity contribution in [2.45, 2.75) is 37.8 Å². The molecule has 25 heavy (non-hydrogen) atoms. The fourth-order valence-corrected chi connectivity index (χ4v) is 3.90. The number of aromatic nitrogens is 2. The summed E-state index contributed by atoms with van der Waals surface area (Å²) in [5.74, 6) is 0.0987. The Morgan fingerprint density at radius 1 is 1.20 bits per heavy atom. The van der Waals surface area contributed by atoms with Crippen LogP contribution < -0.4 is 5.32 Å². The predicted octanol–water partition coefficient (Wildman–Crippen LogP) is 2.45. The van der Waals surface area contributed by atoms with Crippen LogP contribution in [0.3, 0.4) is 0 Å². The second-order valence-electron chi connectivity index (χ2n) is 6.73. The van der Waals surface area contributed by atoms with Gasteiger partial charge in [0.1, 0.15) is 0 Å². The van der Waals surface area contributed by atoms with Crippen molar-refractivity contribution in [3.63, 3.8) is 0 Å². The van der Waals surface area contributed by atoms with E-state index in [0.717, 1.165) is 56.8 Å². The van der Waals surface area contributed by atoms with E-state index in [1.54, 1.807) is 10.9 Å². The molecule has 6 heteroatoms. The lowest BCUT2D eigenvalue weighted by molar-refractivity contribution is -0.121. The number of hydrogen-bond donors (Lipinski definition) is 1. The largest absolute Gasteiger partial charge is 0.381 e. The number of ether oxygens (including phenoxy) is 1. The fourth-order valence-electron chi connectivity index (χ4n) is 3.90. The first-order valence-corrected chi connectivity index (χ1v) is 9.06. The molecule has 2 fully saturated rings. The van der Waals surface area contributed by atoms with E-state index >= 15 is 0 Å². The number of rotatable bonds is 4. The SMILES string of the molecule is O=C(Nc1cccc(-n2cccn2)c1)C1CCCN1C1CCOCC1. The molecule has 0 saturated carbocycles. The Morgan fingerprint density at radius 3 is 2.88 bits per heavy atom. The van der Waals surface area contributed by atoms with Gasteiger partial charge >= 0.3 is 0 Å². The third kappa shape index (κ3) is 3.60. The molecule has 4 rings (SSSR count). The van der Waals surface area contributed by atoms with Gasteiger partial charge in [0.05, 0.1) is 11.7 Å². The van der Waals surface area contributed by atoms with Crippen molar-refractivity contribution in [2.75, 3.05) is 25.1 Å². The third-order valence-corrected chi connectivity index (χ3v) is 5.14. The first-order chi connectivity index (χ1) is 12.3. The minimum Gasteiger partial charge on any atom is -0.381 e. The van der Waals surface area contributed by atoms with Gasteiger partial charge in [-0.1, -0.05) is 6.07 Å². The average molecular weight is 340 g/mol. The van der Waals surface area contributed by atoms with E-state index in [2.05, 4.69) is 15.3 Å². The van der Waals surface area contributed by atoms with Crippen molar-refractivity contribution < 1.29 is 9.53 Å². The smallest absolute Gasteiger partial charge is 0.241 e. The number of benzene rings is 1. The highest BCUT2D eigenvalue weighted by molar-refractivity contribution is 5.95. The van der Waals surface area contributed by atoms with Crippen LogP contribution in [0.4, 0.5) is 5.69 Å². The van der Waals surface area contributed by atoms with Gasteiger partial charge in [-0.2, -0.15) is 5.10 Å². The summed E-state index contributed by atoms with van der Waals surface area (Å²) < 4.78 is 7.25. The molecule has 2 saturated heterocycles. The molecule has 132 valence electrons. The van der Waals surface area contributed by atoms with Crippen molar-refractivity contribution in [1.82, 2.24) is 14.7 Å². The molecule has 1 N–H and O–H groups in total. The fraction of sp³-hybridized carbons (Fsp3) is 0.474. The average Bonchev–Trinajstić information content (AvgIpc) is 3.34. The highest BCUT2D eigenvalue weighted by Crippen LogP contribution is 2.26. The van der Waals surface area contributed by atoms with Crippen molar-refractivity contribution in [3.05, 3.63) is 42.7 Å². The lowest BCUT2D eigenvalue weighted by Gasteiger charge is -2.34. The van der Waals surface area contributed by atoms with E-state index in [1.165, 1.54) is 0 Å².